The van der Waals surface area contributed by atoms with E-state index in [1.807, 2.05) is 12.1 Å². The van der Waals surface area contributed by atoms with Crippen LogP contribution in [0.5, 0.6) is 0 Å². The Morgan fingerprint density at radius 1 is 0.474 bits per heavy atom. The van der Waals surface area contributed by atoms with Crippen molar-refractivity contribution in [3.05, 3.63) is 177 Å². The van der Waals surface area contributed by atoms with Crippen molar-refractivity contribution in [2.75, 3.05) is 4.90 Å². The second-order valence-corrected chi connectivity index (χ2v) is 23.5. The van der Waals surface area contributed by atoms with Crippen LogP contribution in [0, 0.1) is 11.3 Å². The highest BCUT2D eigenvalue weighted by Crippen LogP contribution is 2.60. The van der Waals surface area contributed by atoms with Crippen molar-refractivity contribution < 1.29 is 9.90 Å². The van der Waals surface area contributed by atoms with Crippen molar-refractivity contribution in [2.24, 2.45) is 0 Å². The molecular weight excluding hydrogens is 945 g/mol. The summed E-state index contributed by atoms with van der Waals surface area (Å²) in [6.07, 6.45) is 22.1. The summed E-state index contributed by atoms with van der Waals surface area (Å²) < 4.78 is 0. The predicted octanol–water partition coefficient (Wildman–Crippen LogP) is 20.8. The van der Waals surface area contributed by atoms with E-state index >= 15 is 0 Å². The van der Waals surface area contributed by atoms with Crippen LogP contribution in [0.15, 0.2) is 139 Å². The first-order valence-electron chi connectivity index (χ1n) is 29.2. The van der Waals surface area contributed by atoms with Gasteiger partial charge in [-0.15, -0.1) is 11.3 Å². The fraction of sp³-hybridized carbons (Fsp3) is 0.380. The Morgan fingerprint density at radius 3 is 1.21 bits per heavy atom. The molecule has 76 heavy (non-hydrogen) atoms. The number of carbonyl (C=O) groups is 1. The lowest BCUT2D eigenvalue weighted by molar-refractivity contribution is -0.132. The minimum Gasteiger partial charge on any atom is -0.477 e. The minimum atomic E-state index is -1.20. The number of hydrogen-bond donors (Lipinski definition) is 1. The van der Waals surface area contributed by atoms with E-state index in [1.54, 1.807) is 11.3 Å². The van der Waals surface area contributed by atoms with Gasteiger partial charge in [-0.05, 0) is 172 Å². The highest BCUT2D eigenvalue weighted by Gasteiger charge is 2.46. The van der Waals surface area contributed by atoms with Gasteiger partial charge in [0.1, 0.15) is 11.6 Å². The molecule has 3 aliphatic carbocycles. The molecule has 3 aliphatic rings. The quantitative estimate of drug-likeness (QED) is 0.0484. The molecule has 0 spiro atoms. The van der Waals surface area contributed by atoms with Crippen LogP contribution in [0.3, 0.4) is 0 Å². The number of benzene rings is 6. The largest absolute Gasteiger partial charge is 0.477 e. The molecule has 390 valence electrons. The molecule has 5 heteroatoms. The van der Waals surface area contributed by atoms with Crippen molar-refractivity contribution in [2.45, 2.75) is 173 Å². The van der Waals surface area contributed by atoms with E-state index in [1.165, 1.54) is 141 Å². The first-order valence-corrected chi connectivity index (χ1v) is 30.0. The molecule has 4 nitrogen and oxygen atoms in total. The number of rotatable bonds is 24. The van der Waals surface area contributed by atoms with Gasteiger partial charge in [-0.1, -0.05) is 197 Å². The maximum absolute atomic E-state index is 11.8. The van der Waals surface area contributed by atoms with E-state index in [0.29, 0.717) is 0 Å². The van der Waals surface area contributed by atoms with E-state index in [4.69, 9.17) is 0 Å². The van der Waals surface area contributed by atoms with E-state index < -0.39 is 5.97 Å². The number of nitriles is 1. The zero-order valence-corrected chi connectivity index (χ0v) is 47.0. The third-order valence-corrected chi connectivity index (χ3v) is 19.0. The van der Waals surface area contributed by atoms with Crippen molar-refractivity contribution in [3.63, 3.8) is 0 Å². The lowest BCUT2D eigenvalue weighted by atomic mass is 9.70. The summed E-state index contributed by atoms with van der Waals surface area (Å²) in [5.74, 6) is -1.20. The molecule has 0 fully saturated rings. The number of nitrogens with zero attached hydrogens (tertiary/aromatic N) is 2. The minimum absolute atomic E-state index is 0.0463. The maximum Gasteiger partial charge on any atom is 0.346 e. The monoisotopic (exact) mass is 1020 g/mol. The molecule has 1 aromatic heterocycles. The molecule has 0 atom stereocenters. The highest BCUT2D eigenvalue weighted by atomic mass is 32.1. The Morgan fingerprint density at radius 2 is 0.829 bits per heavy atom. The van der Waals surface area contributed by atoms with Crippen LogP contribution < -0.4 is 4.90 Å². The summed E-state index contributed by atoms with van der Waals surface area (Å²) in [6, 6.07) is 54.1. The van der Waals surface area contributed by atoms with Crippen LogP contribution in [0.2, 0.25) is 0 Å². The Bertz CT molecular complexity index is 3180. The summed E-state index contributed by atoms with van der Waals surface area (Å²) in [5.41, 5.74) is 21.3. The molecule has 0 saturated heterocycles. The third-order valence-electron chi connectivity index (χ3n) is 17.9. The molecule has 0 saturated carbocycles. The first kappa shape index (κ1) is 52.9. The summed E-state index contributed by atoms with van der Waals surface area (Å²) in [4.78, 5) is 16.3. The second kappa shape index (κ2) is 22.6. The predicted molar refractivity (Wildman–Crippen MR) is 321 cm³/mol. The Labute approximate surface area is 458 Å². The van der Waals surface area contributed by atoms with Gasteiger partial charge in [0.05, 0.1) is 0 Å². The molecule has 10 rings (SSSR count). The van der Waals surface area contributed by atoms with Crippen LogP contribution in [0.4, 0.5) is 17.1 Å². The fourth-order valence-corrected chi connectivity index (χ4v) is 15.1. The SMILES string of the molecule is CCCCC1(CCCC)c2ccccc2-c2ccc(N(c3ccc4c(c3)C(CCCC)(CCCC)c3ccccc3-4)c3ccc4c(c3)C(CCCC)(CCCC)c3cc(-c5ccc(C=C(C#N)C(=O)O)s5)ccc3-4)cc21. The first-order chi connectivity index (χ1) is 37.1. The van der Waals surface area contributed by atoms with Crippen LogP contribution in [0.25, 0.3) is 49.9 Å². The number of hydrogen-bond acceptors (Lipinski definition) is 4. The van der Waals surface area contributed by atoms with E-state index in [-0.39, 0.29) is 21.8 Å². The molecule has 1 N–H and O–H groups in total. The molecular formula is C71H78N2O2S. The number of aliphatic carboxylic acids is 1. The van der Waals surface area contributed by atoms with Gasteiger partial charge in [0.2, 0.25) is 0 Å². The van der Waals surface area contributed by atoms with Gasteiger partial charge < -0.3 is 10.0 Å². The fourth-order valence-electron chi connectivity index (χ4n) is 14.1. The van der Waals surface area contributed by atoms with Gasteiger partial charge in [-0.25, -0.2) is 4.79 Å². The van der Waals surface area contributed by atoms with Crippen LogP contribution in [0.1, 0.15) is 195 Å². The van der Waals surface area contributed by atoms with Crippen LogP contribution >= 0.6 is 11.3 Å². The Balaban J connectivity index is 1.19. The van der Waals surface area contributed by atoms with E-state index in [9.17, 15) is 15.2 Å². The normalized spacial score (nSPS) is 14.8. The number of fused-ring (bicyclic) bond motifs is 9. The molecule has 0 unspecified atom stereocenters. The zero-order chi connectivity index (χ0) is 53.0. The Hall–Kier alpha value is -6.48. The molecule has 0 bridgehead atoms. The number of thiophene rings is 1. The third kappa shape index (κ3) is 9.17. The summed E-state index contributed by atoms with van der Waals surface area (Å²) in [7, 11) is 0. The van der Waals surface area contributed by atoms with Gasteiger partial charge in [0.25, 0.3) is 0 Å². The van der Waals surface area contributed by atoms with Crippen molar-refractivity contribution >= 4 is 40.4 Å². The van der Waals surface area contributed by atoms with Crippen LogP contribution in [-0.2, 0) is 21.0 Å². The number of unbranched alkanes of at least 4 members (excludes halogenated alkanes) is 6. The van der Waals surface area contributed by atoms with E-state index in [0.717, 1.165) is 79.5 Å². The summed E-state index contributed by atoms with van der Waals surface area (Å²) in [5, 5.41) is 19.2. The van der Waals surface area contributed by atoms with Gasteiger partial charge in [0, 0.05) is 43.1 Å². The molecule has 0 aliphatic heterocycles. The van der Waals surface area contributed by atoms with Crippen molar-refractivity contribution in [1.29, 1.82) is 5.26 Å². The van der Waals surface area contributed by atoms with Crippen molar-refractivity contribution in [3.8, 4) is 49.9 Å². The summed E-state index contributed by atoms with van der Waals surface area (Å²) in [6.45, 7) is 14.0. The summed E-state index contributed by atoms with van der Waals surface area (Å²) >= 11 is 1.54. The van der Waals surface area contributed by atoms with Gasteiger partial charge in [0.15, 0.2) is 0 Å². The average Bonchev–Trinajstić information content (AvgIpc) is 4.23. The lowest BCUT2D eigenvalue weighted by Gasteiger charge is -2.36. The number of anilines is 3. The highest BCUT2D eigenvalue weighted by molar-refractivity contribution is 7.16. The molecule has 7 aromatic rings. The standard InChI is InChI=1S/C71H78N2O2S/c1-7-13-37-69(38-14-8-2)61-25-21-19-23-55(61)58-33-28-51(45-64(58)69)73(52-29-34-59-56-24-20-22-26-62(56)70(39-15-9-3,40-16-10-4)65(59)46-52)53-30-35-60-57-32-27-49(67-36-31-54(76-67)43-50(48-72)68(74)75)44-63(57)71(41-17-11-5,42-18-12-6)66(60)47-53/h19-36,43-47H,7-18,37-42H2,1-6H3,(H,74,75). The van der Waals surface area contributed by atoms with Crippen LogP contribution in [-0.4, -0.2) is 11.1 Å². The Kier molecular flexibility index (Phi) is 15.8. The van der Waals surface area contributed by atoms with E-state index in [2.05, 4.69) is 174 Å². The second-order valence-electron chi connectivity index (χ2n) is 22.4. The molecule has 1 heterocycles. The average molecular weight is 1020 g/mol. The smallest absolute Gasteiger partial charge is 0.346 e. The van der Waals surface area contributed by atoms with Gasteiger partial charge in [-0.3, -0.25) is 0 Å². The number of carboxylic acids is 1. The van der Waals surface area contributed by atoms with Gasteiger partial charge in [-0.2, -0.15) is 5.26 Å². The number of carboxylic acid groups (broad SMARTS) is 1. The molecule has 0 radical (unpaired) electrons. The molecule has 0 amide bonds. The van der Waals surface area contributed by atoms with Gasteiger partial charge >= 0.3 is 5.97 Å². The zero-order valence-electron chi connectivity index (χ0n) is 46.2. The van der Waals surface area contributed by atoms with Crippen molar-refractivity contribution in [1.82, 2.24) is 0 Å². The molecule has 6 aromatic carbocycles. The lowest BCUT2D eigenvalue weighted by Crippen LogP contribution is -2.27. The maximum atomic E-state index is 11.8. The topological polar surface area (TPSA) is 64.3 Å².